The number of para-hydroxylation sites is 1. The number of hydrogen-bond donors (Lipinski definition) is 2. The Kier molecular flexibility index (Phi) is 6.80. The fourth-order valence-electron chi connectivity index (χ4n) is 4.19. The number of carbonyl (C=O) groups excluding carboxylic acids is 2. The maximum absolute atomic E-state index is 13.3. The van der Waals surface area contributed by atoms with E-state index in [4.69, 9.17) is 9.72 Å². The summed E-state index contributed by atoms with van der Waals surface area (Å²) in [5, 5.41) is 14.0. The summed E-state index contributed by atoms with van der Waals surface area (Å²) >= 11 is 1.29. The molecule has 3 aromatic heterocycles. The molecule has 0 radical (unpaired) electrons. The van der Waals surface area contributed by atoms with Gasteiger partial charge < -0.3 is 10.1 Å². The van der Waals surface area contributed by atoms with E-state index in [-0.39, 0.29) is 11.8 Å². The van der Waals surface area contributed by atoms with Crippen LogP contribution in [0.2, 0.25) is 0 Å². The third kappa shape index (κ3) is 4.94. The van der Waals surface area contributed by atoms with E-state index >= 15 is 0 Å². The van der Waals surface area contributed by atoms with Gasteiger partial charge in [-0.2, -0.15) is 10.2 Å². The number of aryl methyl sites for hydroxylation is 2. The number of aromatic nitrogens is 4. The minimum atomic E-state index is -0.361. The Hall–Kier alpha value is -4.70. The van der Waals surface area contributed by atoms with Gasteiger partial charge in [-0.15, -0.1) is 0 Å². The van der Waals surface area contributed by atoms with Crippen molar-refractivity contribution in [1.82, 2.24) is 20.2 Å². The number of benzene rings is 2. The van der Waals surface area contributed by atoms with E-state index in [2.05, 4.69) is 25.8 Å². The maximum Gasteiger partial charge on any atom is 0.259 e. The van der Waals surface area contributed by atoms with Crippen molar-refractivity contribution in [3.05, 3.63) is 77.6 Å². The molecule has 38 heavy (non-hydrogen) atoms. The zero-order chi connectivity index (χ0) is 26.8. The molecular weight excluding hydrogens is 500 g/mol. The van der Waals surface area contributed by atoms with Gasteiger partial charge >= 0.3 is 0 Å². The molecule has 5 aromatic rings. The Labute approximate surface area is 222 Å². The molecule has 0 fully saturated rings. The minimum absolute atomic E-state index is 0.114. The van der Waals surface area contributed by atoms with Crippen molar-refractivity contribution < 1.29 is 14.3 Å². The minimum Gasteiger partial charge on any atom is -0.496 e. The van der Waals surface area contributed by atoms with Gasteiger partial charge in [-0.25, -0.2) is 9.97 Å². The van der Waals surface area contributed by atoms with Crippen LogP contribution in [0.4, 0.5) is 10.8 Å². The number of fused-ring (bicyclic) bond motifs is 1. The van der Waals surface area contributed by atoms with Crippen LogP contribution in [-0.2, 0) is 4.79 Å². The van der Waals surface area contributed by atoms with E-state index in [1.54, 1.807) is 13.3 Å². The lowest BCUT2D eigenvalue weighted by atomic mass is 10.0. The lowest BCUT2D eigenvalue weighted by Gasteiger charge is -2.12. The number of hydrogen-bond acceptors (Lipinski definition) is 8. The lowest BCUT2D eigenvalue weighted by Crippen LogP contribution is -2.14. The molecule has 9 nitrogen and oxygen atoms in total. The summed E-state index contributed by atoms with van der Waals surface area (Å²) in [7, 11) is 1.58. The number of amides is 2. The predicted molar refractivity (Wildman–Crippen MR) is 149 cm³/mol. The summed E-state index contributed by atoms with van der Waals surface area (Å²) in [6, 6.07) is 15.2. The Morgan fingerprint density at radius 3 is 2.45 bits per heavy atom. The van der Waals surface area contributed by atoms with E-state index in [9.17, 15) is 9.59 Å². The molecule has 0 saturated carbocycles. The van der Waals surface area contributed by atoms with Gasteiger partial charge in [0.15, 0.2) is 5.13 Å². The van der Waals surface area contributed by atoms with Gasteiger partial charge in [0.2, 0.25) is 5.91 Å². The smallest absolute Gasteiger partial charge is 0.259 e. The fourth-order valence-corrected chi connectivity index (χ4v) is 5.02. The number of rotatable bonds is 6. The number of nitrogens with one attached hydrogen (secondary N) is 2. The topological polar surface area (TPSA) is 119 Å². The second-order valence-corrected chi connectivity index (χ2v) is 9.65. The molecule has 0 saturated heterocycles. The van der Waals surface area contributed by atoms with E-state index in [1.807, 2.05) is 62.4 Å². The largest absolute Gasteiger partial charge is 0.496 e. The summed E-state index contributed by atoms with van der Waals surface area (Å²) in [5.74, 6) is 0.152. The molecule has 190 valence electrons. The van der Waals surface area contributed by atoms with Gasteiger partial charge in [0.05, 0.1) is 30.8 Å². The molecule has 3 heterocycles. The third-order valence-electron chi connectivity index (χ3n) is 6.01. The Morgan fingerprint density at radius 2 is 1.66 bits per heavy atom. The van der Waals surface area contributed by atoms with Crippen LogP contribution < -0.4 is 15.4 Å². The maximum atomic E-state index is 13.3. The van der Waals surface area contributed by atoms with E-state index in [0.717, 1.165) is 33.6 Å². The molecule has 5 rings (SSSR count). The second-order valence-electron chi connectivity index (χ2n) is 8.67. The molecule has 0 aliphatic heterocycles. The van der Waals surface area contributed by atoms with E-state index in [1.165, 1.54) is 24.5 Å². The number of thiazole rings is 1. The Morgan fingerprint density at radius 1 is 0.868 bits per heavy atom. The van der Waals surface area contributed by atoms with Crippen LogP contribution in [0.3, 0.4) is 0 Å². The molecule has 0 atom stereocenters. The van der Waals surface area contributed by atoms with Crippen molar-refractivity contribution in [3.8, 4) is 28.1 Å². The van der Waals surface area contributed by atoms with Gasteiger partial charge in [0.25, 0.3) is 5.91 Å². The highest BCUT2D eigenvalue weighted by Crippen LogP contribution is 2.34. The monoisotopic (exact) mass is 524 g/mol. The molecule has 0 aliphatic carbocycles. The molecular formula is C28H24N6O3S. The van der Waals surface area contributed by atoms with Crippen LogP contribution in [0.1, 0.15) is 28.4 Å². The SMILES string of the molecule is COc1ccccc1-c1cnncc1C(=O)Nc1nc2ccc(-c3cc(C)c(NC(C)=O)cc3C)nc2s1. The van der Waals surface area contributed by atoms with E-state index < -0.39 is 0 Å². The molecule has 2 amide bonds. The zero-order valence-electron chi connectivity index (χ0n) is 21.2. The van der Waals surface area contributed by atoms with Crippen LogP contribution in [0.5, 0.6) is 5.75 Å². The predicted octanol–water partition coefficient (Wildman–Crippen LogP) is 5.65. The Balaban J connectivity index is 1.44. The first kappa shape index (κ1) is 25.0. The molecule has 0 bridgehead atoms. The van der Waals surface area contributed by atoms with Crippen LogP contribution in [0.15, 0.2) is 60.9 Å². The molecule has 0 spiro atoms. The van der Waals surface area contributed by atoms with Crippen molar-refractivity contribution in [2.45, 2.75) is 20.8 Å². The summed E-state index contributed by atoms with van der Waals surface area (Å²) in [6.07, 6.45) is 2.97. The number of pyridine rings is 1. The van der Waals surface area contributed by atoms with Gasteiger partial charge in [-0.05, 0) is 55.3 Å². The number of nitrogens with zero attached hydrogens (tertiary/aromatic N) is 4. The highest BCUT2D eigenvalue weighted by molar-refractivity contribution is 7.22. The number of anilines is 2. The standard InChI is InChI=1S/C28H24N6O3S/c1-15-12-24(31-17(3)35)16(2)11-19(15)22-9-10-23-27(32-22)38-28(33-23)34-26(36)21-14-30-29-13-20(21)18-7-5-6-8-25(18)37-4/h5-14H,1-4H3,(H,31,35)(H,33,34,36). The van der Waals surface area contributed by atoms with Crippen LogP contribution in [-0.4, -0.2) is 39.1 Å². The van der Waals surface area contributed by atoms with Gasteiger partial charge in [-0.3, -0.25) is 14.9 Å². The average Bonchev–Trinajstić information content (AvgIpc) is 3.31. The average molecular weight is 525 g/mol. The first-order valence-electron chi connectivity index (χ1n) is 11.8. The van der Waals surface area contributed by atoms with Crippen LogP contribution in [0, 0.1) is 13.8 Å². The molecule has 0 unspecified atom stereocenters. The van der Waals surface area contributed by atoms with Crippen molar-refractivity contribution in [2.75, 3.05) is 17.7 Å². The summed E-state index contributed by atoms with van der Waals surface area (Å²) in [5.41, 5.74) is 6.81. The summed E-state index contributed by atoms with van der Waals surface area (Å²) in [6.45, 7) is 5.41. The highest BCUT2D eigenvalue weighted by atomic mass is 32.1. The number of ether oxygens (including phenoxy) is 1. The summed E-state index contributed by atoms with van der Waals surface area (Å²) in [4.78, 5) is 34.8. The Bertz CT molecular complexity index is 1700. The zero-order valence-corrected chi connectivity index (χ0v) is 22.0. The summed E-state index contributed by atoms with van der Waals surface area (Å²) < 4.78 is 5.46. The quantitative estimate of drug-likeness (QED) is 0.294. The number of carbonyl (C=O) groups is 2. The number of methoxy groups -OCH3 is 1. The van der Waals surface area contributed by atoms with Gasteiger partial charge in [-0.1, -0.05) is 29.5 Å². The first-order chi connectivity index (χ1) is 18.3. The van der Waals surface area contributed by atoms with Gasteiger partial charge in [0, 0.05) is 29.3 Å². The highest BCUT2D eigenvalue weighted by Gasteiger charge is 2.19. The molecule has 2 aromatic carbocycles. The van der Waals surface area contributed by atoms with Crippen LogP contribution >= 0.6 is 11.3 Å². The normalized spacial score (nSPS) is 10.8. The van der Waals surface area contributed by atoms with E-state index in [0.29, 0.717) is 32.4 Å². The van der Waals surface area contributed by atoms with Crippen LogP contribution in [0.25, 0.3) is 32.7 Å². The first-order valence-corrected chi connectivity index (χ1v) is 12.6. The van der Waals surface area contributed by atoms with Crippen molar-refractivity contribution >= 4 is 44.3 Å². The lowest BCUT2D eigenvalue weighted by molar-refractivity contribution is -0.114. The molecule has 10 heteroatoms. The third-order valence-corrected chi connectivity index (χ3v) is 6.89. The molecule has 0 aliphatic rings. The van der Waals surface area contributed by atoms with Crippen molar-refractivity contribution in [3.63, 3.8) is 0 Å². The van der Waals surface area contributed by atoms with Crippen molar-refractivity contribution in [2.24, 2.45) is 0 Å². The van der Waals surface area contributed by atoms with Gasteiger partial charge in [0.1, 0.15) is 16.1 Å². The van der Waals surface area contributed by atoms with Crippen molar-refractivity contribution in [1.29, 1.82) is 0 Å². The fraction of sp³-hybridized carbons (Fsp3) is 0.143. The molecule has 2 N–H and O–H groups in total. The second kappa shape index (κ2) is 10.3.